The molecular formula is C11H15ClFNOS. The highest BCUT2D eigenvalue weighted by molar-refractivity contribution is 7.84. The zero-order valence-corrected chi connectivity index (χ0v) is 10.7. The summed E-state index contributed by atoms with van der Waals surface area (Å²) in [6, 6.07) is 4.68. The van der Waals surface area contributed by atoms with Crippen molar-refractivity contribution >= 4 is 22.4 Å². The van der Waals surface area contributed by atoms with E-state index in [2.05, 4.69) is 5.32 Å². The summed E-state index contributed by atoms with van der Waals surface area (Å²) >= 11 is 5.65. The average Bonchev–Trinajstić information content (AvgIpc) is 2.22. The van der Waals surface area contributed by atoms with Gasteiger partial charge in [0.1, 0.15) is 5.82 Å². The quantitative estimate of drug-likeness (QED) is 0.799. The fraction of sp³-hybridized carbons (Fsp3) is 0.455. The zero-order valence-electron chi connectivity index (χ0n) is 9.13. The number of nitrogens with one attached hydrogen (secondary N) is 1. The van der Waals surface area contributed by atoms with Gasteiger partial charge in [0.25, 0.3) is 0 Å². The molecule has 1 rings (SSSR count). The van der Waals surface area contributed by atoms with Gasteiger partial charge >= 0.3 is 0 Å². The Bertz CT molecular complexity index is 373. The second-order valence-electron chi connectivity index (χ2n) is 3.56. The Morgan fingerprint density at radius 1 is 1.50 bits per heavy atom. The summed E-state index contributed by atoms with van der Waals surface area (Å²) in [6.45, 7) is 1.45. The van der Waals surface area contributed by atoms with Crippen LogP contribution in [-0.4, -0.2) is 22.8 Å². The fourth-order valence-electron chi connectivity index (χ4n) is 1.28. The van der Waals surface area contributed by atoms with Crippen LogP contribution in [0.1, 0.15) is 12.0 Å². The molecule has 2 nitrogen and oxygen atoms in total. The molecule has 0 spiro atoms. The van der Waals surface area contributed by atoms with Crippen molar-refractivity contribution in [2.45, 2.75) is 13.0 Å². The minimum Gasteiger partial charge on any atom is -0.313 e. The van der Waals surface area contributed by atoms with Crippen LogP contribution in [0.25, 0.3) is 0 Å². The SMILES string of the molecule is CS(=O)CCCNCc1ccc(F)c(Cl)c1. The topological polar surface area (TPSA) is 29.1 Å². The molecule has 0 saturated carbocycles. The first-order valence-corrected chi connectivity index (χ1v) is 7.15. The van der Waals surface area contributed by atoms with Gasteiger partial charge in [-0.25, -0.2) is 4.39 Å². The maximum absolute atomic E-state index is 12.8. The highest BCUT2D eigenvalue weighted by atomic mass is 35.5. The van der Waals surface area contributed by atoms with Crippen molar-refractivity contribution in [3.63, 3.8) is 0 Å². The molecule has 0 bridgehead atoms. The third-order valence-electron chi connectivity index (χ3n) is 2.10. The minimum atomic E-state index is -0.731. The number of hydrogen-bond donors (Lipinski definition) is 1. The molecule has 0 amide bonds. The molecule has 0 radical (unpaired) electrons. The van der Waals surface area contributed by atoms with E-state index in [0.717, 1.165) is 18.5 Å². The Hall–Kier alpha value is -0.450. The molecule has 1 atom stereocenters. The van der Waals surface area contributed by atoms with E-state index in [1.807, 2.05) is 0 Å². The molecule has 1 aromatic carbocycles. The first-order valence-electron chi connectivity index (χ1n) is 5.04. The van der Waals surface area contributed by atoms with Crippen molar-refractivity contribution in [1.29, 1.82) is 0 Å². The minimum absolute atomic E-state index is 0.147. The van der Waals surface area contributed by atoms with Gasteiger partial charge in [-0.15, -0.1) is 0 Å². The van der Waals surface area contributed by atoms with Crippen molar-refractivity contribution in [2.24, 2.45) is 0 Å². The van der Waals surface area contributed by atoms with Gasteiger partial charge in [-0.1, -0.05) is 17.7 Å². The Morgan fingerprint density at radius 2 is 2.25 bits per heavy atom. The molecule has 1 unspecified atom stereocenters. The first-order chi connectivity index (χ1) is 7.59. The third kappa shape index (κ3) is 5.05. The van der Waals surface area contributed by atoms with E-state index in [1.54, 1.807) is 18.4 Å². The molecule has 16 heavy (non-hydrogen) atoms. The largest absolute Gasteiger partial charge is 0.313 e. The Kier molecular flexibility index (Phi) is 5.95. The maximum Gasteiger partial charge on any atom is 0.141 e. The molecule has 0 aliphatic carbocycles. The van der Waals surface area contributed by atoms with Crippen LogP contribution in [-0.2, 0) is 17.3 Å². The first kappa shape index (κ1) is 13.6. The summed E-state index contributed by atoms with van der Waals surface area (Å²) in [5, 5.41) is 3.34. The summed E-state index contributed by atoms with van der Waals surface area (Å²) in [4.78, 5) is 0. The van der Waals surface area contributed by atoms with E-state index in [0.29, 0.717) is 12.3 Å². The van der Waals surface area contributed by atoms with Crippen LogP contribution in [0, 0.1) is 5.82 Å². The normalized spacial score (nSPS) is 12.7. The standard InChI is InChI=1S/C11H15ClFNOS/c1-16(15)6-2-5-14-8-9-3-4-11(13)10(12)7-9/h3-4,7,14H,2,5-6,8H2,1H3. The van der Waals surface area contributed by atoms with E-state index in [9.17, 15) is 8.60 Å². The Balaban J connectivity index is 2.27. The highest BCUT2D eigenvalue weighted by Gasteiger charge is 2.00. The van der Waals surface area contributed by atoms with Crippen molar-refractivity contribution in [2.75, 3.05) is 18.6 Å². The molecular weight excluding hydrogens is 249 g/mol. The van der Waals surface area contributed by atoms with Crippen LogP contribution in [0.5, 0.6) is 0 Å². The lowest BCUT2D eigenvalue weighted by molar-refractivity contribution is 0.624. The predicted octanol–water partition coefficient (Wildman–Crippen LogP) is 2.34. The highest BCUT2D eigenvalue weighted by Crippen LogP contribution is 2.15. The number of benzene rings is 1. The number of hydrogen-bond acceptors (Lipinski definition) is 2. The lowest BCUT2D eigenvalue weighted by Gasteiger charge is -2.05. The second kappa shape index (κ2) is 6.99. The number of rotatable bonds is 6. The molecule has 0 aliphatic rings. The summed E-state index contributed by atoms with van der Waals surface area (Å²) in [5.41, 5.74) is 0.948. The van der Waals surface area contributed by atoms with Gasteiger partial charge in [0, 0.05) is 29.4 Å². The van der Waals surface area contributed by atoms with E-state index in [4.69, 9.17) is 11.6 Å². The van der Waals surface area contributed by atoms with Crippen LogP contribution in [0.3, 0.4) is 0 Å². The second-order valence-corrected chi connectivity index (χ2v) is 5.52. The molecule has 90 valence electrons. The average molecular weight is 264 g/mol. The van der Waals surface area contributed by atoms with Crippen LogP contribution in [0.15, 0.2) is 18.2 Å². The lowest BCUT2D eigenvalue weighted by atomic mass is 10.2. The zero-order chi connectivity index (χ0) is 12.0. The van der Waals surface area contributed by atoms with E-state index in [-0.39, 0.29) is 5.02 Å². The van der Waals surface area contributed by atoms with Crippen LogP contribution in [0.2, 0.25) is 5.02 Å². The molecule has 0 aliphatic heterocycles. The van der Waals surface area contributed by atoms with Crippen molar-refractivity contribution in [3.05, 3.63) is 34.6 Å². The molecule has 1 N–H and O–H groups in total. The van der Waals surface area contributed by atoms with Crippen molar-refractivity contribution in [3.8, 4) is 0 Å². The van der Waals surface area contributed by atoms with Gasteiger partial charge in [-0.2, -0.15) is 0 Å². The van der Waals surface area contributed by atoms with Gasteiger partial charge in [-0.3, -0.25) is 4.21 Å². The molecule has 0 aromatic heterocycles. The third-order valence-corrected chi connectivity index (χ3v) is 3.25. The molecule has 0 saturated heterocycles. The summed E-state index contributed by atoms with van der Waals surface area (Å²) in [6.07, 6.45) is 2.57. The monoisotopic (exact) mass is 263 g/mol. The Labute approximate surface area is 103 Å². The lowest BCUT2D eigenvalue weighted by Crippen LogP contribution is -2.16. The van der Waals surface area contributed by atoms with Crippen molar-refractivity contribution < 1.29 is 8.60 Å². The summed E-state index contributed by atoms with van der Waals surface area (Å²) in [5.74, 6) is 0.309. The fourth-order valence-corrected chi connectivity index (χ4v) is 2.04. The number of halogens is 2. The van der Waals surface area contributed by atoms with Crippen LogP contribution in [0.4, 0.5) is 4.39 Å². The van der Waals surface area contributed by atoms with Crippen LogP contribution < -0.4 is 5.32 Å². The predicted molar refractivity (Wildman–Crippen MR) is 66.7 cm³/mol. The Morgan fingerprint density at radius 3 is 2.88 bits per heavy atom. The van der Waals surface area contributed by atoms with E-state index < -0.39 is 16.6 Å². The summed E-state index contributed by atoms with van der Waals surface area (Å²) in [7, 11) is -0.731. The van der Waals surface area contributed by atoms with E-state index >= 15 is 0 Å². The van der Waals surface area contributed by atoms with Gasteiger partial charge in [0.15, 0.2) is 0 Å². The van der Waals surface area contributed by atoms with Gasteiger partial charge in [0.05, 0.1) is 5.02 Å². The van der Waals surface area contributed by atoms with E-state index in [1.165, 1.54) is 6.07 Å². The smallest absolute Gasteiger partial charge is 0.141 e. The van der Waals surface area contributed by atoms with Gasteiger partial charge in [0.2, 0.25) is 0 Å². The maximum atomic E-state index is 12.8. The van der Waals surface area contributed by atoms with Gasteiger partial charge < -0.3 is 5.32 Å². The molecule has 5 heteroatoms. The molecule has 1 aromatic rings. The summed E-state index contributed by atoms with van der Waals surface area (Å²) < 4.78 is 23.6. The van der Waals surface area contributed by atoms with Gasteiger partial charge in [-0.05, 0) is 30.7 Å². The molecule has 0 heterocycles. The van der Waals surface area contributed by atoms with Crippen molar-refractivity contribution in [1.82, 2.24) is 5.32 Å². The van der Waals surface area contributed by atoms with Crippen LogP contribution >= 0.6 is 11.6 Å². The molecule has 0 fully saturated rings.